The minimum absolute atomic E-state index is 0.509. The van der Waals surface area contributed by atoms with Crippen LogP contribution in [0.5, 0.6) is 0 Å². The van der Waals surface area contributed by atoms with Crippen molar-refractivity contribution in [2.24, 2.45) is 0 Å². The van der Waals surface area contributed by atoms with Crippen LogP contribution in [0.25, 0.3) is 10.3 Å². The summed E-state index contributed by atoms with van der Waals surface area (Å²) >= 11 is 1.69. The number of nitrogens with zero attached hydrogens (tertiary/aromatic N) is 2. The van der Waals surface area contributed by atoms with Crippen LogP contribution >= 0.6 is 11.3 Å². The van der Waals surface area contributed by atoms with Crippen LogP contribution in [0.2, 0.25) is 0 Å². The third-order valence-electron chi connectivity index (χ3n) is 1.76. The first-order valence-electron chi connectivity index (χ1n) is 3.69. The van der Waals surface area contributed by atoms with Gasteiger partial charge in [-0.1, -0.05) is 0 Å². The first kappa shape index (κ1) is 6.85. The van der Waals surface area contributed by atoms with E-state index in [0.29, 0.717) is 6.04 Å². The fourth-order valence-corrected chi connectivity index (χ4v) is 1.90. The van der Waals surface area contributed by atoms with Gasteiger partial charge in [0.2, 0.25) is 0 Å². The zero-order valence-corrected chi connectivity index (χ0v) is 7.43. The van der Waals surface area contributed by atoms with E-state index in [0.717, 1.165) is 4.83 Å². The fourth-order valence-electron chi connectivity index (χ4n) is 1.18. The van der Waals surface area contributed by atoms with Crippen LogP contribution in [-0.2, 0) is 0 Å². The van der Waals surface area contributed by atoms with Gasteiger partial charge in [-0.25, -0.2) is 4.98 Å². The molecular formula is C8H10N2S. The smallest absolute Gasteiger partial charge is 0.141 e. The van der Waals surface area contributed by atoms with Crippen molar-refractivity contribution in [1.29, 1.82) is 0 Å². The van der Waals surface area contributed by atoms with Crippen molar-refractivity contribution in [1.82, 2.24) is 9.55 Å². The first-order valence-corrected chi connectivity index (χ1v) is 4.57. The van der Waals surface area contributed by atoms with Gasteiger partial charge < -0.3 is 4.57 Å². The normalized spacial score (nSPS) is 11.5. The average molecular weight is 166 g/mol. The Morgan fingerprint density at radius 3 is 3.09 bits per heavy atom. The summed E-state index contributed by atoms with van der Waals surface area (Å²) in [7, 11) is 0. The van der Waals surface area contributed by atoms with Crippen LogP contribution in [0.15, 0.2) is 17.8 Å². The Bertz CT molecular complexity index is 359. The highest BCUT2D eigenvalue weighted by molar-refractivity contribution is 7.16. The van der Waals surface area contributed by atoms with Crippen molar-refractivity contribution >= 4 is 21.7 Å². The Kier molecular flexibility index (Phi) is 1.46. The lowest BCUT2D eigenvalue weighted by molar-refractivity contribution is 0.617. The van der Waals surface area contributed by atoms with Crippen molar-refractivity contribution in [3.63, 3.8) is 0 Å². The van der Waals surface area contributed by atoms with Crippen molar-refractivity contribution in [3.8, 4) is 0 Å². The molecule has 0 aliphatic carbocycles. The monoisotopic (exact) mass is 166 g/mol. The van der Waals surface area contributed by atoms with Crippen LogP contribution in [0, 0.1) is 0 Å². The number of rotatable bonds is 1. The van der Waals surface area contributed by atoms with Crippen molar-refractivity contribution in [3.05, 3.63) is 17.8 Å². The molecule has 0 saturated carbocycles. The molecule has 11 heavy (non-hydrogen) atoms. The molecule has 0 unspecified atom stereocenters. The molecule has 0 N–H and O–H groups in total. The molecule has 2 aromatic heterocycles. The van der Waals surface area contributed by atoms with Crippen LogP contribution in [-0.4, -0.2) is 9.55 Å². The van der Waals surface area contributed by atoms with Crippen molar-refractivity contribution in [2.75, 3.05) is 0 Å². The van der Waals surface area contributed by atoms with Gasteiger partial charge in [0.15, 0.2) is 0 Å². The molecule has 0 aromatic carbocycles. The van der Waals surface area contributed by atoms with E-state index in [4.69, 9.17) is 0 Å². The zero-order chi connectivity index (χ0) is 7.84. The molecule has 58 valence electrons. The average Bonchev–Trinajstić information content (AvgIpc) is 2.41. The molecule has 0 radical (unpaired) electrons. The molecule has 0 saturated heterocycles. The highest BCUT2D eigenvalue weighted by Gasteiger charge is 2.04. The molecule has 0 bridgehead atoms. The standard InChI is InChI=1S/C8H10N2S/c1-6(2)10-5-9-8-7(10)3-4-11-8/h3-6H,1-2H3. The lowest BCUT2D eigenvalue weighted by Gasteiger charge is -2.05. The topological polar surface area (TPSA) is 17.8 Å². The minimum atomic E-state index is 0.509. The van der Waals surface area contributed by atoms with Crippen LogP contribution < -0.4 is 0 Å². The van der Waals surface area contributed by atoms with Gasteiger partial charge in [-0.15, -0.1) is 11.3 Å². The Labute approximate surface area is 69.5 Å². The largest absolute Gasteiger partial charge is 0.327 e. The second-order valence-electron chi connectivity index (χ2n) is 2.86. The van der Waals surface area contributed by atoms with E-state index in [1.807, 2.05) is 6.33 Å². The van der Waals surface area contributed by atoms with E-state index < -0.39 is 0 Å². The van der Waals surface area contributed by atoms with E-state index >= 15 is 0 Å². The molecule has 2 aromatic rings. The summed E-state index contributed by atoms with van der Waals surface area (Å²) < 4.78 is 2.19. The lowest BCUT2D eigenvalue weighted by atomic mass is 10.4. The maximum absolute atomic E-state index is 4.28. The van der Waals surface area contributed by atoms with Crippen LogP contribution in [0.4, 0.5) is 0 Å². The molecule has 0 atom stereocenters. The number of thiophene rings is 1. The second-order valence-corrected chi connectivity index (χ2v) is 3.75. The second kappa shape index (κ2) is 2.34. The highest BCUT2D eigenvalue weighted by Crippen LogP contribution is 2.21. The van der Waals surface area contributed by atoms with Gasteiger partial charge in [0.05, 0.1) is 11.8 Å². The number of hydrogen-bond donors (Lipinski definition) is 0. The maximum Gasteiger partial charge on any atom is 0.141 e. The molecular weight excluding hydrogens is 156 g/mol. The Hall–Kier alpha value is -0.830. The van der Waals surface area contributed by atoms with Crippen molar-refractivity contribution in [2.45, 2.75) is 19.9 Å². The van der Waals surface area contributed by atoms with E-state index in [1.54, 1.807) is 11.3 Å². The summed E-state index contributed by atoms with van der Waals surface area (Å²) in [6.45, 7) is 4.33. The predicted octanol–water partition coefficient (Wildman–Crippen LogP) is 2.68. The Morgan fingerprint density at radius 2 is 2.36 bits per heavy atom. The van der Waals surface area contributed by atoms with Gasteiger partial charge in [-0.2, -0.15) is 0 Å². The predicted molar refractivity (Wildman–Crippen MR) is 48.0 cm³/mol. The van der Waals surface area contributed by atoms with E-state index in [1.165, 1.54) is 5.52 Å². The lowest BCUT2D eigenvalue weighted by Crippen LogP contribution is -1.96. The fraction of sp³-hybridized carbons (Fsp3) is 0.375. The highest BCUT2D eigenvalue weighted by atomic mass is 32.1. The molecule has 2 rings (SSSR count). The summed E-state index contributed by atoms with van der Waals surface area (Å²) in [5.41, 5.74) is 1.25. The summed E-state index contributed by atoms with van der Waals surface area (Å²) in [6, 6.07) is 2.63. The van der Waals surface area contributed by atoms with E-state index in [2.05, 4.69) is 34.8 Å². The molecule has 2 heterocycles. The van der Waals surface area contributed by atoms with Gasteiger partial charge in [0.1, 0.15) is 4.83 Å². The molecule has 0 aliphatic rings. The number of aromatic nitrogens is 2. The summed E-state index contributed by atoms with van der Waals surface area (Å²) in [4.78, 5) is 5.42. The summed E-state index contributed by atoms with van der Waals surface area (Å²) in [5.74, 6) is 0. The number of fused-ring (bicyclic) bond motifs is 1. The Balaban J connectivity index is 2.68. The van der Waals surface area contributed by atoms with Gasteiger partial charge >= 0.3 is 0 Å². The maximum atomic E-state index is 4.28. The van der Waals surface area contributed by atoms with Crippen LogP contribution in [0.3, 0.4) is 0 Å². The summed E-state index contributed by atoms with van der Waals surface area (Å²) in [6.07, 6.45) is 1.91. The molecule has 0 fully saturated rings. The van der Waals surface area contributed by atoms with Gasteiger partial charge in [0.25, 0.3) is 0 Å². The third-order valence-corrected chi connectivity index (χ3v) is 2.57. The number of hydrogen-bond acceptors (Lipinski definition) is 2. The van der Waals surface area contributed by atoms with E-state index in [9.17, 15) is 0 Å². The first-order chi connectivity index (χ1) is 5.29. The molecule has 0 amide bonds. The summed E-state index contributed by atoms with van der Waals surface area (Å²) in [5, 5.41) is 2.08. The van der Waals surface area contributed by atoms with Gasteiger partial charge in [0, 0.05) is 6.04 Å². The van der Waals surface area contributed by atoms with Gasteiger partial charge in [-0.05, 0) is 25.3 Å². The zero-order valence-electron chi connectivity index (χ0n) is 6.61. The molecule has 3 heteroatoms. The van der Waals surface area contributed by atoms with Gasteiger partial charge in [-0.3, -0.25) is 0 Å². The third kappa shape index (κ3) is 0.959. The molecule has 0 spiro atoms. The molecule has 0 aliphatic heterocycles. The van der Waals surface area contributed by atoms with Crippen LogP contribution in [0.1, 0.15) is 19.9 Å². The molecule has 2 nitrogen and oxygen atoms in total. The van der Waals surface area contributed by atoms with Crippen molar-refractivity contribution < 1.29 is 0 Å². The quantitative estimate of drug-likeness (QED) is 0.637. The SMILES string of the molecule is CC(C)n1cnc2sccc21. The van der Waals surface area contributed by atoms with E-state index in [-0.39, 0.29) is 0 Å². The number of imidazole rings is 1. The Morgan fingerprint density at radius 1 is 1.55 bits per heavy atom. The minimum Gasteiger partial charge on any atom is -0.327 e.